The Morgan fingerprint density at radius 1 is 1.50 bits per heavy atom. The van der Waals surface area contributed by atoms with Gasteiger partial charge in [0.05, 0.1) is 8.67 Å². The van der Waals surface area contributed by atoms with Gasteiger partial charge in [-0.1, -0.05) is 19.4 Å². The minimum atomic E-state index is 0.244. The number of rotatable bonds is 7. The highest BCUT2D eigenvalue weighted by atomic mass is 32.4. The van der Waals surface area contributed by atoms with Crippen LogP contribution in [-0.4, -0.2) is 28.1 Å². The Morgan fingerprint density at radius 2 is 2.30 bits per heavy atom. The van der Waals surface area contributed by atoms with Gasteiger partial charge in [-0.05, 0) is 12.2 Å². The van der Waals surface area contributed by atoms with Crippen molar-refractivity contribution in [3.05, 3.63) is 0 Å². The second-order valence-electron chi connectivity index (χ2n) is 2.31. The predicted octanol–water partition coefficient (Wildman–Crippen LogP) is 1.67. The fourth-order valence-electron chi connectivity index (χ4n) is 0.654. The van der Waals surface area contributed by atoms with Gasteiger partial charge in [-0.2, -0.15) is 11.2 Å². The Bertz CT molecular complexity index is 53.6. The quantitative estimate of drug-likeness (QED) is 0.433. The number of hydrogen-bond acceptors (Lipinski definition) is 2. The number of methoxy groups -OCH3 is 1. The Morgan fingerprint density at radius 3 is 2.90 bits per heavy atom. The summed E-state index contributed by atoms with van der Waals surface area (Å²) in [5.41, 5.74) is 0. The van der Waals surface area contributed by atoms with Gasteiger partial charge < -0.3 is 4.74 Å². The minimum Gasteiger partial charge on any atom is -0.385 e. The molecule has 0 aromatic rings. The Balaban J connectivity index is 2.65. The summed E-state index contributed by atoms with van der Waals surface area (Å²) in [6.07, 6.45) is 2.61. The van der Waals surface area contributed by atoms with E-state index in [9.17, 15) is 0 Å². The summed E-state index contributed by atoms with van der Waals surface area (Å²) < 4.78 is 4.95. The van der Waals surface area contributed by atoms with Crippen LogP contribution >= 0.6 is 11.2 Å². The standard InChI is InChI=1S/C7H18OSSi/c1-3-7-10-9-6-4-5-8-2/h3-7,10H2,1-2H3. The smallest absolute Gasteiger partial charge is 0.0854 e. The molecular formula is C7H18OSSi. The van der Waals surface area contributed by atoms with Crippen LogP contribution in [0.3, 0.4) is 0 Å². The summed E-state index contributed by atoms with van der Waals surface area (Å²) in [6.45, 7) is 3.20. The van der Waals surface area contributed by atoms with Crippen LogP contribution in [0.25, 0.3) is 0 Å². The van der Waals surface area contributed by atoms with Gasteiger partial charge in [-0.25, -0.2) is 0 Å². The lowest BCUT2D eigenvalue weighted by atomic mass is 10.5. The molecular weight excluding hydrogens is 160 g/mol. The highest BCUT2D eigenvalue weighted by Crippen LogP contribution is 2.03. The van der Waals surface area contributed by atoms with E-state index in [0.717, 1.165) is 6.61 Å². The first-order valence-electron chi connectivity index (χ1n) is 3.98. The van der Waals surface area contributed by atoms with Crippen molar-refractivity contribution in [3.63, 3.8) is 0 Å². The fraction of sp³-hybridized carbons (Fsp3) is 1.00. The molecule has 3 heteroatoms. The van der Waals surface area contributed by atoms with Gasteiger partial charge in [0.15, 0.2) is 0 Å². The molecule has 0 aromatic heterocycles. The molecule has 0 bridgehead atoms. The molecule has 0 aromatic carbocycles. The van der Waals surface area contributed by atoms with Crippen LogP contribution in [0.1, 0.15) is 19.8 Å². The van der Waals surface area contributed by atoms with Crippen LogP contribution in [-0.2, 0) is 4.74 Å². The van der Waals surface area contributed by atoms with E-state index in [1.807, 2.05) is 0 Å². The zero-order chi connectivity index (χ0) is 7.66. The maximum Gasteiger partial charge on any atom is 0.0854 e. The van der Waals surface area contributed by atoms with Crippen LogP contribution in [0.5, 0.6) is 0 Å². The van der Waals surface area contributed by atoms with Crippen molar-refractivity contribution in [2.75, 3.05) is 19.5 Å². The Kier molecular flexibility index (Phi) is 10.0. The third kappa shape index (κ3) is 8.53. The molecule has 0 saturated carbocycles. The van der Waals surface area contributed by atoms with Crippen molar-refractivity contribution in [2.45, 2.75) is 25.8 Å². The van der Waals surface area contributed by atoms with Gasteiger partial charge in [-0.3, -0.25) is 0 Å². The molecule has 1 nitrogen and oxygen atoms in total. The monoisotopic (exact) mass is 178 g/mol. The first-order chi connectivity index (χ1) is 4.91. The molecule has 0 N–H and O–H groups in total. The van der Waals surface area contributed by atoms with E-state index in [1.54, 1.807) is 7.11 Å². The molecule has 0 radical (unpaired) electrons. The summed E-state index contributed by atoms with van der Waals surface area (Å²) in [5, 5.41) is 0. The van der Waals surface area contributed by atoms with Crippen LogP contribution in [0, 0.1) is 0 Å². The van der Waals surface area contributed by atoms with Gasteiger partial charge in [0.2, 0.25) is 0 Å². The third-order valence-electron chi connectivity index (χ3n) is 1.28. The van der Waals surface area contributed by atoms with Crippen LogP contribution in [0.2, 0.25) is 6.04 Å². The summed E-state index contributed by atoms with van der Waals surface area (Å²) in [7, 11) is 2.02. The SMILES string of the molecule is CCC[SiH2]SCCCOC. The molecule has 0 atom stereocenters. The van der Waals surface area contributed by atoms with Crippen molar-refractivity contribution in [2.24, 2.45) is 0 Å². The third-order valence-corrected chi connectivity index (χ3v) is 5.74. The van der Waals surface area contributed by atoms with Crippen molar-refractivity contribution >= 4 is 19.9 Å². The van der Waals surface area contributed by atoms with Gasteiger partial charge in [-0.15, -0.1) is 0 Å². The van der Waals surface area contributed by atoms with E-state index in [-0.39, 0.29) is 8.67 Å². The lowest BCUT2D eigenvalue weighted by molar-refractivity contribution is 0.200. The average Bonchev–Trinajstić information content (AvgIpc) is 1.97. The van der Waals surface area contributed by atoms with Crippen LogP contribution in [0.4, 0.5) is 0 Å². The van der Waals surface area contributed by atoms with Crippen LogP contribution in [0.15, 0.2) is 0 Å². The van der Waals surface area contributed by atoms with Crippen molar-refractivity contribution < 1.29 is 4.74 Å². The molecule has 0 saturated heterocycles. The zero-order valence-corrected chi connectivity index (χ0v) is 9.29. The van der Waals surface area contributed by atoms with E-state index in [1.165, 1.54) is 24.6 Å². The zero-order valence-electron chi connectivity index (χ0n) is 7.06. The second kappa shape index (κ2) is 9.53. The van der Waals surface area contributed by atoms with Gasteiger partial charge in [0.25, 0.3) is 0 Å². The van der Waals surface area contributed by atoms with Crippen LogP contribution < -0.4 is 0 Å². The molecule has 0 unspecified atom stereocenters. The molecule has 0 fully saturated rings. The summed E-state index contributed by atoms with van der Waals surface area (Å²) >= 11 is 2.18. The fourth-order valence-corrected chi connectivity index (χ4v) is 4.38. The van der Waals surface area contributed by atoms with Crippen molar-refractivity contribution in [3.8, 4) is 0 Å². The lowest BCUT2D eigenvalue weighted by Crippen LogP contribution is -1.92. The number of ether oxygens (including phenoxy) is 1. The average molecular weight is 178 g/mol. The molecule has 62 valence electrons. The minimum absolute atomic E-state index is 0.244. The Hall–Kier alpha value is 0.527. The molecule has 0 aliphatic heterocycles. The maximum absolute atomic E-state index is 4.95. The topological polar surface area (TPSA) is 9.23 Å². The van der Waals surface area contributed by atoms with Crippen molar-refractivity contribution in [1.29, 1.82) is 0 Å². The molecule has 0 rings (SSSR count). The highest BCUT2D eigenvalue weighted by molar-refractivity contribution is 8.22. The largest absolute Gasteiger partial charge is 0.385 e. The van der Waals surface area contributed by atoms with E-state index >= 15 is 0 Å². The van der Waals surface area contributed by atoms with Gasteiger partial charge in [0, 0.05) is 13.7 Å². The Labute approximate surface area is 70.4 Å². The van der Waals surface area contributed by atoms with E-state index in [2.05, 4.69) is 18.1 Å². The first kappa shape index (κ1) is 10.5. The second-order valence-corrected chi connectivity index (χ2v) is 6.69. The molecule has 0 aliphatic carbocycles. The van der Waals surface area contributed by atoms with E-state index in [0.29, 0.717) is 0 Å². The van der Waals surface area contributed by atoms with Crippen molar-refractivity contribution in [1.82, 2.24) is 0 Å². The maximum atomic E-state index is 4.95. The summed E-state index contributed by atoms with van der Waals surface area (Å²) in [4.78, 5) is 0. The van der Waals surface area contributed by atoms with E-state index < -0.39 is 0 Å². The molecule has 10 heavy (non-hydrogen) atoms. The van der Waals surface area contributed by atoms with E-state index in [4.69, 9.17) is 4.74 Å². The number of hydrogen-bond donors (Lipinski definition) is 0. The summed E-state index contributed by atoms with van der Waals surface area (Å²) in [5.74, 6) is 1.32. The van der Waals surface area contributed by atoms with Gasteiger partial charge in [0.1, 0.15) is 0 Å². The first-order valence-corrected chi connectivity index (χ1v) is 7.87. The molecule has 0 aliphatic rings. The highest BCUT2D eigenvalue weighted by Gasteiger charge is 1.88. The predicted molar refractivity (Wildman–Crippen MR) is 52.6 cm³/mol. The van der Waals surface area contributed by atoms with Gasteiger partial charge >= 0.3 is 0 Å². The molecule has 0 amide bonds. The lowest BCUT2D eigenvalue weighted by Gasteiger charge is -1.98. The summed E-state index contributed by atoms with van der Waals surface area (Å²) in [6, 6.07) is 1.50. The normalized spacial score (nSPS) is 11.4. The molecule has 0 spiro atoms. The molecule has 0 heterocycles.